The molecule has 1 aliphatic heterocycles. The predicted octanol–water partition coefficient (Wildman–Crippen LogP) is 0.531. The summed E-state index contributed by atoms with van der Waals surface area (Å²) in [6, 6.07) is 4.00. The van der Waals surface area contributed by atoms with E-state index < -0.39 is 41.9 Å². The summed E-state index contributed by atoms with van der Waals surface area (Å²) >= 11 is 1.43. The number of esters is 1. The number of fused-ring (bicyclic) bond motifs is 1. The molecule has 10 heteroatoms. The van der Waals surface area contributed by atoms with E-state index in [2.05, 4.69) is 0 Å². The minimum Gasteiger partial charge on any atom is -0.451 e. The van der Waals surface area contributed by atoms with Gasteiger partial charge in [-0.1, -0.05) is 12.1 Å². The van der Waals surface area contributed by atoms with Crippen LogP contribution in [-0.4, -0.2) is 58.8 Å². The summed E-state index contributed by atoms with van der Waals surface area (Å²) in [7, 11) is 0. The van der Waals surface area contributed by atoms with Gasteiger partial charge >= 0.3 is 12.0 Å². The third kappa shape index (κ3) is 4.45. The number of urea groups is 1. The van der Waals surface area contributed by atoms with Crippen LogP contribution in [0.5, 0.6) is 0 Å². The topological polar surface area (TPSA) is 136 Å². The lowest BCUT2D eigenvalue weighted by molar-refractivity contribution is -0.158. The molecule has 0 spiro atoms. The molecule has 9 nitrogen and oxygen atoms in total. The average molecular weight is 393 g/mol. The summed E-state index contributed by atoms with van der Waals surface area (Å²) < 4.78 is 5.07. The zero-order valence-electron chi connectivity index (χ0n) is 14.8. The van der Waals surface area contributed by atoms with Gasteiger partial charge in [0, 0.05) is 0 Å². The first-order valence-electron chi connectivity index (χ1n) is 8.04. The molecule has 0 fully saturated rings. The highest BCUT2D eigenvalue weighted by Gasteiger charge is 2.43. The first kappa shape index (κ1) is 20.4. The van der Waals surface area contributed by atoms with E-state index in [1.165, 1.54) is 30.8 Å². The Balaban J connectivity index is 2.21. The van der Waals surface area contributed by atoms with E-state index in [0.717, 1.165) is 4.90 Å². The average Bonchev–Trinajstić information content (AvgIpc) is 2.87. The van der Waals surface area contributed by atoms with Gasteiger partial charge in [0.05, 0.1) is 11.1 Å². The number of amides is 5. The molecule has 5 amide bonds. The van der Waals surface area contributed by atoms with Crippen molar-refractivity contribution in [3.8, 4) is 0 Å². The van der Waals surface area contributed by atoms with Crippen molar-refractivity contribution in [3.63, 3.8) is 0 Å². The van der Waals surface area contributed by atoms with Crippen molar-refractivity contribution in [3.05, 3.63) is 35.4 Å². The van der Waals surface area contributed by atoms with Gasteiger partial charge in [0.1, 0.15) is 6.04 Å². The minimum atomic E-state index is -1.32. The van der Waals surface area contributed by atoms with Crippen molar-refractivity contribution < 1.29 is 28.7 Å². The Morgan fingerprint density at radius 1 is 1.19 bits per heavy atom. The van der Waals surface area contributed by atoms with Gasteiger partial charge in [0.2, 0.25) is 0 Å². The molecule has 0 aliphatic carbocycles. The fourth-order valence-corrected chi connectivity index (χ4v) is 3.06. The number of nitrogens with one attached hydrogen (secondary N) is 1. The molecule has 3 N–H and O–H groups in total. The van der Waals surface area contributed by atoms with E-state index in [-0.39, 0.29) is 17.5 Å². The molecule has 1 aromatic rings. The van der Waals surface area contributed by atoms with Crippen LogP contribution in [0, 0.1) is 0 Å². The van der Waals surface area contributed by atoms with Crippen molar-refractivity contribution in [2.45, 2.75) is 25.5 Å². The molecule has 0 unspecified atom stereocenters. The van der Waals surface area contributed by atoms with Gasteiger partial charge in [-0.3, -0.25) is 24.6 Å². The molecule has 2 rings (SSSR count). The van der Waals surface area contributed by atoms with Crippen LogP contribution in [0.15, 0.2) is 24.3 Å². The van der Waals surface area contributed by atoms with Crippen LogP contribution in [0.1, 0.15) is 34.1 Å². The molecule has 1 aromatic carbocycles. The Kier molecular flexibility index (Phi) is 6.56. The molecule has 0 radical (unpaired) electrons. The molecule has 0 saturated carbocycles. The van der Waals surface area contributed by atoms with E-state index in [9.17, 15) is 24.0 Å². The second-order valence-electron chi connectivity index (χ2n) is 5.76. The maximum atomic E-state index is 12.6. The smallest absolute Gasteiger partial charge is 0.330 e. The molecule has 2 atom stereocenters. The second kappa shape index (κ2) is 8.67. The van der Waals surface area contributed by atoms with Gasteiger partial charge < -0.3 is 10.5 Å². The Hall–Kier alpha value is -2.88. The van der Waals surface area contributed by atoms with Crippen LogP contribution < -0.4 is 11.1 Å². The molecule has 0 bridgehead atoms. The van der Waals surface area contributed by atoms with Gasteiger partial charge in [-0.25, -0.2) is 9.59 Å². The number of rotatable bonds is 7. The lowest BCUT2D eigenvalue weighted by Crippen LogP contribution is -2.49. The first-order chi connectivity index (χ1) is 12.8. The number of hydrogen-bond donors (Lipinski definition) is 2. The van der Waals surface area contributed by atoms with Crippen molar-refractivity contribution in [2.24, 2.45) is 5.73 Å². The highest BCUT2D eigenvalue weighted by Crippen LogP contribution is 2.26. The van der Waals surface area contributed by atoms with Crippen LogP contribution >= 0.6 is 11.8 Å². The maximum absolute atomic E-state index is 12.6. The molecular formula is C17H19N3O6S. The number of nitrogens with zero attached hydrogens (tertiary/aromatic N) is 1. The quantitative estimate of drug-likeness (QED) is 0.509. The van der Waals surface area contributed by atoms with Gasteiger partial charge in [0.15, 0.2) is 6.10 Å². The molecular weight excluding hydrogens is 374 g/mol. The van der Waals surface area contributed by atoms with E-state index in [0.29, 0.717) is 5.75 Å². The van der Waals surface area contributed by atoms with Crippen LogP contribution in [0.4, 0.5) is 4.79 Å². The zero-order chi connectivity index (χ0) is 20.1. The summed E-state index contributed by atoms with van der Waals surface area (Å²) in [6.45, 7) is 1.25. The highest BCUT2D eigenvalue weighted by atomic mass is 32.2. The summed E-state index contributed by atoms with van der Waals surface area (Å²) in [6.07, 6.45) is 0.653. The largest absolute Gasteiger partial charge is 0.451 e. The van der Waals surface area contributed by atoms with E-state index in [4.69, 9.17) is 10.5 Å². The Labute approximate surface area is 159 Å². The fraction of sp³-hybridized carbons (Fsp3) is 0.353. The van der Waals surface area contributed by atoms with E-state index in [1.807, 2.05) is 6.26 Å². The molecule has 0 aromatic heterocycles. The van der Waals surface area contributed by atoms with E-state index >= 15 is 0 Å². The van der Waals surface area contributed by atoms with Gasteiger partial charge in [-0.05, 0) is 37.5 Å². The maximum Gasteiger partial charge on any atom is 0.330 e. The van der Waals surface area contributed by atoms with Crippen LogP contribution in [0.25, 0.3) is 0 Å². The number of benzene rings is 1. The Bertz CT molecular complexity index is 762. The number of nitrogens with two attached hydrogens (primary N) is 1. The number of carbonyl (C=O) groups is 5. The zero-order valence-corrected chi connectivity index (χ0v) is 15.6. The molecule has 144 valence electrons. The number of primary amides is 1. The number of hydrogen-bond acceptors (Lipinski definition) is 7. The number of carbonyl (C=O) groups excluding carboxylic acids is 5. The van der Waals surface area contributed by atoms with Gasteiger partial charge in [0.25, 0.3) is 17.7 Å². The first-order valence-corrected chi connectivity index (χ1v) is 9.44. The summed E-state index contributed by atoms with van der Waals surface area (Å²) in [5.41, 5.74) is 5.28. The summed E-state index contributed by atoms with van der Waals surface area (Å²) in [5.74, 6) is -2.51. The highest BCUT2D eigenvalue weighted by molar-refractivity contribution is 7.98. The molecule has 27 heavy (non-hydrogen) atoms. The normalized spacial score (nSPS) is 15.1. The predicted molar refractivity (Wildman–Crippen MR) is 97.0 cm³/mol. The number of imide groups is 2. The lowest BCUT2D eigenvalue weighted by atomic mass is 10.1. The minimum absolute atomic E-state index is 0.162. The van der Waals surface area contributed by atoms with Gasteiger partial charge in [-0.2, -0.15) is 11.8 Å². The molecule has 1 aliphatic rings. The van der Waals surface area contributed by atoms with Crippen LogP contribution in [-0.2, 0) is 14.3 Å². The Morgan fingerprint density at radius 2 is 1.74 bits per heavy atom. The third-order valence-electron chi connectivity index (χ3n) is 3.91. The van der Waals surface area contributed by atoms with Crippen molar-refractivity contribution >= 4 is 41.5 Å². The van der Waals surface area contributed by atoms with Gasteiger partial charge in [-0.15, -0.1) is 0 Å². The SMILES string of the molecule is CSCC[C@@H](C(=O)O[C@H](C)C(=O)NC(N)=O)N1C(=O)c2ccccc2C1=O. The van der Waals surface area contributed by atoms with Crippen LogP contribution in [0.3, 0.4) is 0 Å². The summed E-state index contributed by atoms with van der Waals surface area (Å²) in [4.78, 5) is 61.2. The number of thioether (sulfide) groups is 1. The van der Waals surface area contributed by atoms with E-state index in [1.54, 1.807) is 17.4 Å². The molecule has 1 heterocycles. The summed E-state index contributed by atoms with van der Waals surface area (Å²) in [5, 5.41) is 1.80. The fourth-order valence-electron chi connectivity index (χ4n) is 2.60. The van der Waals surface area contributed by atoms with Crippen LogP contribution in [0.2, 0.25) is 0 Å². The number of ether oxygens (including phenoxy) is 1. The van der Waals surface area contributed by atoms with Crippen molar-refractivity contribution in [1.82, 2.24) is 10.2 Å². The monoisotopic (exact) mass is 393 g/mol. The van der Waals surface area contributed by atoms with Crippen molar-refractivity contribution in [2.75, 3.05) is 12.0 Å². The van der Waals surface area contributed by atoms with Crippen molar-refractivity contribution in [1.29, 1.82) is 0 Å². The molecule has 0 saturated heterocycles. The lowest BCUT2D eigenvalue weighted by Gasteiger charge is -2.25. The Morgan fingerprint density at radius 3 is 2.22 bits per heavy atom. The second-order valence-corrected chi connectivity index (χ2v) is 6.74. The standard InChI is InChI=1S/C17H19N3O6S/c1-9(13(21)19-17(18)25)26-16(24)12(7-8-27-2)20-14(22)10-5-3-4-6-11(10)15(20)23/h3-6,9,12H,7-8H2,1-2H3,(H3,18,19,21,25)/t9-,12+/m1/s1. The third-order valence-corrected chi connectivity index (χ3v) is 4.56.